The molecule has 0 radical (unpaired) electrons. The molecule has 0 bridgehead atoms. The quantitative estimate of drug-likeness (QED) is 0.305. The van der Waals surface area contributed by atoms with Crippen molar-refractivity contribution in [1.29, 1.82) is 0 Å². The van der Waals surface area contributed by atoms with E-state index in [0.29, 0.717) is 43.5 Å². The fourth-order valence-electron chi connectivity index (χ4n) is 1.63. The average molecular weight is 295 g/mol. The number of carbonyl (C=O) groups is 1. The van der Waals surface area contributed by atoms with Crippen LogP contribution in [0.3, 0.4) is 0 Å². The summed E-state index contributed by atoms with van der Waals surface area (Å²) in [6.07, 6.45) is 1.07. The Kier molecular flexibility index (Phi) is 6.36. The van der Waals surface area contributed by atoms with Crippen LogP contribution in [-0.2, 0) is 14.9 Å². The Labute approximate surface area is 125 Å². The second-order valence-corrected chi connectivity index (χ2v) is 5.69. The number of nitrogens with two attached hydrogens (primary N) is 1. The van der Waals surface area contributed by atoms with Crippen molar-refractivity contribution in [3.8, 4) is 0 Å². The minimum atomic E-state index is -0.179. The number of nitrogens with one attached hydrogen (secondary N) is 2. The molecule has 0 amide bonds. The van der Waals surface area contributed by atoms with E-state index in [4.69, 9.17) is 10.6 Å². The maximum absolute atomic E-state index is 11.2. The van der Waals surface area contributed by atoms with E-state index in [-0.39, 0.29) is 11.4 Å². The van der Waals surface area contributed by atoms with Crippen LogP contribution in [0.5, 0.6) is 0 Å². The lowest BCUT2D eigenvalue weighted by atomic mass is 9.96. The highest BCUT2D eigenvalue weighted by Gasteiger charge is 2.19. The van der Waals surface area contributed by atoms with Gasteiger partial charge in [-0.05, 0) is 13.3 Å². The van der Waals surface area contributed by atoms with Crippen molar-refractivity contribution in [1.82, 2.24) is 9.97 Å². The van der Waals surface area contributed by atoms with E-state index in [1.165, 1.54) is 0 Å². The summed E-state index contributed by atoms with van der Waals surface area (Å²) in [6.45, 7) is 8.95. The zero-order valence-corrected chi connectivity index (χ0v) is 13.2. The van der Waals surface area contributed by atoms with Gasteiger partial charge in [-0.3, -0.25) is 4.79 Å². The molecule has 1 aromatic heterocycles. The number of carbonyl (C=O) groups excluding carboxylic acids is 1. The van der Waals surface area contributed by atoms with Crippen LogP contribution < -0.4 is 16.6 Å². The first kappa shape index (κ1) is 17.2. The summed E-state index contributed by atoms with van der Waals surface area (Å²) < 4.78 is 4.88. The first-order chi connectivity index (χ1) is 9.86. The van der Waals surface area contributed by atoms with Crippen LogP contribution in [0, 0.1) is 0 Å². The van der Waals surface area contributed by atoms with E-state index in [0.717, 1.165) is 0 Å². The van der Waals surface area contributed by atoms with Crippen LogP contribution in [0.4, 0.5) is 11.6 Å². The molecule has 0 saturated carbocycles. The molecule has 0 spiro atoms. The number of rotatable bonds is 7. The predicted molar refractivity (Wildman–Crippen MR) is 82.9 cm³/mol. The molecule has 0 aliphatic rings. The number of esters is 1. The lowest BCUT2D eigenvalue weighted by Crippen LogP contribution is -2.20. The average Bonchev–Trinajstić information content (AvgIpc) is 2.42. The van der Waals surface area contributed by atoms with Crippen LogP contribution >= 0.6 is 0 Å². The highest BCUT2D eigenvalue weighted by Crippen LogP contribution is 2.21. The number of nitrogens with zero attached hydrogens (tertiary/aromatic N) is 2. The third-order valence-corrected chi connectivity index (χ3v) is 2.71. The molecule has 0 aliphatic carbocycles. The van der Waals surface area contributed by atoms with Gasteiger partial charge in [0.2, 0.25) is 0 Å². The zero-order valence-electron chi connectivity index (χ0n) is 13.2. The third kappa shape index (κ3) is 5.95. The largest absolute Gasteiger partial charge is 0.466 e. The van der Waals surface area contributed by atoms with Crippen molar-refractivity contribution < 1.29 is 9.53 Å². The van der Waals surface area contributed by atoms with E-state index in [9.17, 15) is 4.79 Å². The highest BCUT2D eigenvalue weighted by atomic mass is 16.5. The number of nitrogen functional groups attached to an aromatic ring is 1. The van der Waals surface area contributed by atoms with Gasteiger partial charge in [0.1, 0.15) is 17.5 Å². The maximum Gasteiger partial charge on any atom is 0.305 e. The summed E-state index contributed by atoms with van der Waals surface area (Å²) in [5.74, 6) is 7.20. The maximum atomic E-state index is 11.2. The fourth-order valence-corrected chi connectivity index (χ4v) is 1.63. The summed E-state index contributed by atoms with van der Waals surface area (Å²) in [7, 11) is 0. The molecule has 1 heterocycles. The summed E-state index contributed by atoms with van der Waals surface area (Å²) in [4.78, 5) is 20.1. The Morgan fingerprint density at radius 1 is 1.33 bits per heavy atom. The molecule has 1 rings (SSSR count). The number of anilines is 2. The molecule has 7 heteroatoms. The zero-order chi connectivity index (χ0) is 15.9. The van der Waals surface area contributed by atoms with Gasteiger partial charge in [-0.25, -0.2) is 15.8 Å². The van der Waals surface area contributed by atoms with Crippen LogP contribution in [0.15, 0.2) is 6.07 Å². The van der Waals surface area contributed by atoms with Crippen molar-refractivity contribution in [2.24, 2.45) is 5.84 Å². The molecular formula is C14H25N5O2. The van der Waals surface area contributed by atoms with Crippen molar-refractivity contribution in [2.45, 2.75) is 46.0 Å². The van der Waals surface area contributed by atoms with Gasteiger partial charge in [0.25, 0.3) is 0 Å². The Balaban J connectivity index is 2.60. The first-order valence-corrected chi connectivity index (χ1v) is 7.12. The Hall–Kier alpha value is -1.89. The summed E-state index contributed by atoms with van der Waals surface area (Å²) in [5.41, 5.74) is 2.37. The Morgan fingerprint density at radius 3 is 2.57 bits per heavy atom. The highest BCUT2D eigenvalue weighted by molar-refractivity contribution is 5.69. The number of hydrazine groups is 1. The molecule has 0 unspecified atom stereocenters. The molecule has 21 heavy (non-hydrogen) atoms. The van der Waals surface area contributed by atoms with E-state index in [1.54, 1.807) is 13.0 Å². The molecule has 0 saturated heterocycles. The molecule has 0 atom stereocenters. The van der Waals surface area contributed by atoms with Gasteiger partial charge in [0.15, 0.2) is 0 Å². The molecular weight excluding hydrogens is 270 g/mol. The van der Waals surface area contributed by atoms with Gasteiger partial charge in [0.05, 0.1) is 6.61 Å². The molecule has 0 aromatic carbocycles. The smallest absolute Gasteiger partial charge is 0.305 e. The van der Waals surface area contributed by atoms with E-state index >= 15 is 0 Å². The van der Waals surface area contributed by atoms with Gasteiger partial charge < -0.3 is 15.5 Å². The molecule has 1 aromatic rings. The summed E-state index contributed by atoms with van der Waals surface area (Å²) >= 11 is 0. The van der Waals surface area contributed by atoms with Gasteiger partial charge in [-0.15, -0.1) is 0 Å². The lowest BCUT2D eigenvalue weighted by Gasteiger charge is -2.18. The van der Waals surface area contributed by atoms with Gasteiger partial charge >= 0.3 is 5.97 Å². The van der Waals surface area contributed by atoms with E-state index in [1.807, 2.05) is 20.8 Å². The second-order valence-electron chi connectivity index (χ2n) is 5.69. The fraction of sp³-hybridized carbons (Fsp3) is 0.643. The normalized spacial score (nSPS) is 11.1. The van der Waals surface area contributed by atoms with Gasteiger partial charge in [-0.1, -0.05) is 20.8 Å². The molecule has 7 nitrogen and oxygen atoms in total. The minimum absolute atomic E-state index is 0.172. The molecule has 0 fully saturated rings. The topological polar surface area (TPSA) is 102 Å². The minimum Gasteiger partial charge on any atom is -0.466 e. The number of hydrogen-bond acceptors (Lipinski definition) is 7. The van der Waals surface area contributed by atoms with Crippen LogP contribution in [0.25, 0.3) is 0 Å². The summed E-state index contributed by atoms with van der Waals surface area (Å²) in [6, 6.07) is 1.74. The number of ether oxygens (including phenoxy) is 1. The number of hydrogen-bond donors (Lipinski definition) is 3. The molecule has 0 aliphatic heterocycles. The Bertz CT molecular complexity index is 471. The van der Waals surface area contributed by atoms with Gasteiger partial charge in [0, 0.05) is 24.4 Å². The molecule has 4 N–H and O–H groups in total. The Morgan fingerprint density at radius 2 is 2.00 bits per heavy atom. The predicted octanol–water partition coefficient (Wildman–Crippen LogP) is 1.81. The SMILES string of the molecule is CCOC(=O)CCCNc1cc(NN)nc(C(C)(C)C)n1. The lowest BCUT2D eigenvalue weighted by molar-refractivity contribution is -0.143. The van der Waals surface area contributed by atoms with E-state index < -0.39 is 0 Å². The van der Waals surface area contributed by atoms with Crippen molar-refractivity contribution in [3.63, 3.8) is 0 Å². The van der Waals surface area contributed by atoms with Crippen molar-refractivity contribution in [3.05, 3.63) is 11.9 Å². The standard InChI is InChI=1S/C14H25N5O2/c1-5-21-12(20)7-6-8-16-10-9-11(19-15)18-13(17-10)14(2,3)4/h9H,5-8,15H2,1-4H3,(H2,16,17,18,19). The monoisotopic (exact) mass is 295 g/mol. The van der Waals surface area contributed by atoms with Crippen LogP contribution in [0.1, 0.15) is 46.4 Å². The van der Waals surface area contributed by atoms with Gasteiger partial charge in [-0.2, -0.15) is 0 Å². The third-order valence-electron chi connectivity index (χ3n) is 2.71. The molecule has 118 valence electrons. The van der Waals surface area contributed by atoms with Crippen LogP contribution in [0.2, 0.25) is 0 Å². The van der Waals surface area contributed by atoms with Crippen molar-refractivity contribution in [2.75, 3.05) is 23.9 Å². The number of aromatic nitrogens is 2. The van der Waals surface area contributed by atoms with Crippen molar-refractivity contribution >= 4 is 17.6 Å². The van der Waals surface area contributed by atoms with E-state index in [2.05, 4.69) is 20.7 Å². The second kappa shape index (κ2) is 7.78. The first-order valence-electron chi connectivity index (χ1n) is 7.12. The summed E-state index contributed by atoms with van der Waals surface area (Å²) in [5, 5.41) is 3.17. The van der Waals surface area contributed by atoms with Crippen LogP contribution in [-0.4, -0.2) is 29.1 Å².